The van der Waals surface area contributed by atoms with Gasteiger partial charge in [-0.2, -0.15) is 4.98 Å². The minimum atomic E-state index is 0.366. The van der Waals surface area contributed by atoms with Gasteiger partial charge in [0.1, 0.15) is 11.5 Å². The number of hydrogen-bond acceptors (Lipinski definition) is 7. The van der Waals surface area contributed by atoms with Gasteiger partial charge in [-0.05, 0) is 13.3 Å². The highest BCUT2D eigenvalue weighted by atomic mass is 32.1. The summed E-state index contributed by atoms with van der Waals surface area (Å²) in [5, 5.41) is 4.34. The van der Waals surface area contributed by atoms with Gasteiger partial charge < -0.3 is 15.0 Å². The summed E-state index contributed by atoms with van der Waals surface area (Å²) in [5.41, 5.74) is 6.42. The monoisotopic (exact) mass is 254 g/mol. The first-order chi connectivity index (χ1) is 8.20. The van der Waals surface area contributed by atoms with Crippen LogP contribution in [0.4, 0.5) is 5.13 Å². The summed E-state index contributed by atoms with van der Waals surface area (Å²) in [6.45, 7) is 4.96. The number of hydrogen-bond donors (Lipinski definition) is 1. The fourth-order valence-electron chi connectivity index (χ4n) is 1.33. The molecule has 0 bridgehead atoms. The van der Waals surface area contributed by atoms with Gasteiger partial charge in [-0.3, -0.25) is 0 Å². The Kier molecular flexibility index (Phi) is 3.70. The van der Waals surface area contributed by atoms with Crippen LogP contribution in [0.2, 0.25) is 0 Å². The number of nitrogens with zero attached hydrogens (tertiary/aromatic N) is 3. The molecule has 7 heteroatoms. The van der Waals surface area contributed by atoms with Crippen LogP contribution in [0.25, 0.3) is 10.8 Å². The molecule has 0 aliphatic heterocycles. The van der Waals surface area contributed by atoms with Crippen molar-refractivity contribution < 1.29 is 9.26 Å². The molecule has 2 N–H and O–H groups in total. The largest absolute Gasteiger partial charge is 0.375 e. The van der Waals surface area contributed by atoms with E-state index in [0.29, 0.717) is 30.1 Å². The molecule has 0 atom stereocenters. The Hall–Kier alpha value is -1.47. The molecule has 0 aromatic carbocycles. The van der Waals surface area contributed by atoms with Crippen LogP contribution in [-0.4, -0.2) is 21.7 Å². The number of nitrogen functional groups attached to an aromatic ring is 1. The lowest BCUT2D eigenvalue weighted by molar-refractivity contribution is 0.114. The maximum atomic E-state index is 5.61. The van der Waals surface area contributed by atoms with Gasteiger partial charge in [0.05, 0.1) is 5.69 Å². The summed E-state index contributed by atoms with van der Waals surface area (Å²) in [4.78, 5) is 9.16. The second-order valence-corrected chi connectivity index (χ2v) is 4.57. The SMILES string of the molecule is CCCOCc1noc(-c2sc(N)nc2C)n1. The van der Waals surface area contributed by atoms with E-state index in [1.54, 1.807) is 0 Å². The van der Waals surface area contributed by atoms with Crippen molar-refractivity contribution in [2.45, 2.75) is 26.9 Å². The molecule has 0 saturated carbocycles. The number of rotatable bonds is 5. The first-order valence-electron chi connectivity index (χ1n) is 5.34. The zero-order valence-electron chi connectivity index (χ0n) is 9.77. The molecule has 0 radical (unpaired) electrons. The number of ether oxygens (including phenoxy) is 1. The second-order valence-electron chi connectivity index (χ2n) is 3.53. The molecular formula is C10H14N4O2S. The van der Waals surface area contributed by atoms with Gasteiger partial charge in [0.25, 0.3) is 5.89 Å². The lowest BCUT2D eigenvalue weighted by Gasteiger charge is -1.95. The summed E-state index contributed by atoms with van der Waals surface area (Å²) < 4.78 is 10.5. The van der Waals surface area contributed by atoms with Gasteiger partial charge >= 0.3 is 0 Å². The average molecular weight is 254 g/mol. The van der Waals surface area contributed by atoms with Crippen LogP contribution in [0.5, 0.6) is 0 Å². The number of nitrogens with two attached hydrogens (primary N) is 1. The first-order valence-corrected chi connectivity index (χ1v) is 6.16. The Balaban J connectivity index is 2.10. The van der Waals surface area contributed by atoms with E-state index in [2.05, 4.69) is 15.1 Å². The Morgan fingerprint density at radius 3 is 2.88 bits per heavy atom. The van der Waals surface area contributed by atoms with E-state index in [9.17, 15) is 0 Å². The highest BCUT2D eigenvalue weighted by Gasteiger charge is 2.15. The van der Waals surface area contributed by atoms with Gasteiger partial charge in [-0.25, -0.2) is 4.98 Å². The van der Waals surface area contributed by atoms with E-state index in [1.807, 2.05) is 13.8 Å². The third-order valence-electron chi connectivity index (χ3n) is 2.06. The number of thiazole rings is 1. The van der Waals surface area contributed by atoms with E-state index in [1.165, 1.54) is 11.3 Å². The van der Waals surface area contributed by atoms with Crippen molar-refractivity contribution in [2.75, 3.05) is 12.3 Å². The summed E-state index contributed by atoms with van der Waals surface area (Å²) in [5.74, 6) is 0.992. The van der Waals surface area contributed by atoms with Crippen LogP contribution in [0, 0.1) is 6.92 Å². The Morgan fingerprint density at radius 2 is 2.24 bits per heavy atom. The van der Waals surface area contributed by atoms with Crippen molar-refractivity contribution in [1.29, 1.82) is 0 Å². The summed E-state index contributed by atoms with van der Waals surface area (Å²) in [7, 11) is 0. The maximum absolute atomic E-state index is 5.61. The van der Waals surface area contributed by atoms with E-state index >= 15 is 0 Å². The normalized spacial score (nSPS) is 10.9. The summed E-state index contributed by atoms with van der Waals surface area (Å²) in [6.07, 6.45) is 0.967. The van der Waals surface area contributed by atoms with Crippen molar-refractivity contribution in [3.05, 3.63) is 11.5 Å². The number of aryl methyl sites for hydroxylation is 1. The zero-order valence-corrected chi connectivity index (χ0v) is 10.6. The Morgan fingerprint density at radius 1 is 1.41 bits per heavy atom. The van der Waals surface area contributed by atoms with Crippen molar-refractivity contribution in [3.63, 3.8) is 0 Å². The molecule has 2 heterocycles. The van der Waals surface area contributed by atoms with E-state index in [0.717, 1.165) is 17.0 Å². The van der Waals surface area contributed by atoms with Gasteiger partial charge in [0, 0.05) is 6.61 Å². The molecule has 0 saturated heterocycles. The number of aromatic nitrogens is 3. The quantitative estimate of drug-likeness (QED) is 0.821. The lowest BCUT2D eigenvalue weighted by Crippen LogP contribution is -1.95. The molecule has 0 amide bonds. The van der Waals surface area contributed by atoms with Crippen molar-refractivity contribution >= 4 is 16.5 Å². The zero-order chi connectivity index (χ0) is 12.3. The molecular weight excluding hydrogens is 240 g/mol. The highest BCUT2D eigenvalue weighted by Crippen LogP contribution is 2.29. The topological polar surface area (TPSA) is 87.1 Å². The summed E-state index contributed by atoms with van der Waals surface area (Å²) in [6, 6.07) is 0. The lowest BCUT2D eigenvalue weighted by atomic mass is 10.4. The maximum Gasteiger partial charge on any atom is 0.270 e. The third-order valence-corrected chi connectivity index (χ3v) is 3.03. The van der Waals surface area contributed by atoms with Gasteiger partial charge in [-0.1, -0.05) is 23.4 Å². The molecule has 0 unspecified atom stereocenters. The Labute approximate surface area is 103 Å². The predicted octanol–water partition coefficient (Wildman–Crippen LogP) is 2.01. The van der Waals surface area contributed by atoms with Crippen LogP contribution in [-0.2, 0) is 11.3 Å². The van der Waals surface area contributed by atoms with E-state index in [-0.39, 0.29) is 0 Å². The molecule has 0 aliphatic rings. The van der Waals surface area contributed by atoms with Crippen molar-refractivity contribution in [3.8, 4) is 10.8 Å². The second kappa shape index (κ2) is 5.24. The minimum Gasteiger partial charge on any atom is -0.375 e. The standard InChI is InChI=1S/C10H14N4O2S/c1-3-4-15-5-7-13-9(16-14-7)8-6(2)12-10(11)17-8/h3-5H2,1-2H3,(H2,11,12). The molecule has 2 aromatic heterocycles. The number of anilines is 1. The van der Waals surface area contributed by atoms with E-state index in [4.69, 9.17) is 15.0 Å². The molecule has 0 fully saturated rings. The van der Waals surface area contributed by atoms with Gasteiger partial charge in [-0.15, -0.1) is 0 Å². The smallest absolute Gasteiger partial charge is 0.270 e. The fourth-order valence-corrected chi connectivity index (χ4v) is 2.08. The summed E-state index contributed by atoms with van der Waals surface area (Å²) >= 11 is 1.34. The molecule has 2 rings (SSSR count). The minimum absolute atomic E-state index is 0.366. The van der Waals surface area contributed by atoms with Crippen LogP contribution < -0.4 is 5.73 Å². The van der Waals surface area contributed by atoms with Crippen molar-refractivity contribution in [2.24, 2.45) is 0 Å². The van der Waals surface area contributed by atoms with Crippen LogP contribution in [0.15, 0.2) is 4.52 Å². The van der Waals surface area contributed by atoms with E-state index < -0.39 is 0 Å². The Bertz CT molecular complexity index is 494. The first kappa shape index (κ1) is 12.0. The molecule has 6 nitrogen and oxygen atoms in total. The van der Waals surface area contributed by atoms with Crippen molar-refractivity contribution in [1.82, 2.24) is 15.1 Å². The molecule has 0 spiro atoms. The van der Waals surface area contributed by atoms with Gasteiger partial charge in [0.2, 0.25) is 0 Å². The van der Waals surface area contributed by atoms with Crippen LogP contribution >= 0.6 is 11.3 Å². The average Bonchev–Trinajstić information content (AvgIpc) is 2.86. The molecule has 17 heavy (non-hydrogen) atoms. The molecule has 92 valence electrons. The van der Waals surface area contributed by atoms with Crippen LogP contribution in [0.1, 0.15) is 24.9 Å². The molecule has 0 aliphatic carbocycles. The van der Waals surface area contributed by atoms with Crippen LogP contribution in [0.3, 0.4) is 0 Å². The van der Waals surface area contributed by atoms with Gasteiger partial charge in [0.15, 0.2) is 11.0 Å². The molecule has 2 aromatic rings. The third kappa shape index (κ3) is 2.80. The fraction of sp³-hybridized carbons (Fsp3) is 0.500. The predicted molar refractivity (Wildman–Crippen MR) is 64.5 cm³/mol. The highest BCUT2D eigenvalue weighted by molar-refractivity contribution is 7.18.